The van der Waals surface area contributed by atoms with Gasteiger partial charge in [-0.25, -0.2) is 8.78 Å². The molecule has 0 fully saturated rings. The van der Waals surface area contributed by atoms with E-state index in [1.807, 2.05) is 20.8 Å². The second-order valence-corrected chi connectivity index (χ2v) is 5.24. The molecule has 0 aliphatic rings. The minimum atomic E-state index is -2.71. The Morgan fingerprint density at radius 1 is 1.25 bits per heavy atom. The molecule has 0 atom stereocenters. The average molecular weight is 234 g/mol. The fourth-order valence-electron chi connectivity index (χ4n) is 1.16. The third-order valence-corrected chi connectivity index (χ3v) is 2.48. The monoisotopic (exact) mass is 234 g/mol. The minimum absolute atomic E-state index is 0.0838. The number of halogens is 2. The molecular weight excluding hydrogens is 210 g/mol. The second-order valence-electron chi connectivity index (χ2n) is 5.24. The summed E-state index contributed by atoms with van der Waals surface area (Å²) in [6.45, 7) is 10.3. The molecular formula is C13H24F2O. The summed E-state index contributed by atoms with van der Waals surface area (Å²) in [6.07, 6.45) is 3.19. The quantitative estimate of drug-likeness (QED) is 0.597. The summed E-state index contributed by atoms with van der Waals surface area (Å²) >= 11 is 0. The molecule has 0 aromatic heterocycles. The van der Waals surface area contributed by atoms with Gasteiger partial charge in [0.1, 0.15) is 0 Å². The number of rotatable bonds is 7. The number of hydrogen-bond acceptors (Lipinski definition) is 1. The van der Waals surface area contributed by atoms with Crippen LogP contribution >= 0.6 is 0 Å². The first kappa shape index (κ1) is 15.6. The summed E-state index contributed by atoms with van der Waals surface area (Å²) in [7, 11) is 0. The van der Waals surface area contributed by atoms with Gasteiger partial charge in [0.15, 0.2) is 0 Å². The Labute approximate surface area is 97.9 Å². The third-order valence-electron chi connectivity index (χ3n) is 2.48. The van der Waals surface area contributed by atoms with Crippen molar-refractivity contribution in [2.45, 2.75) is 47.0 Å². The number of alkyl halides is 2. The van der Waals surface area contributed by atoms with Crippen LogP contribution in [0.2, 0.25) is 0 Å². The zero-order chi connectivity index (χ0) is 12.8. The smallest absolute Gasteiger partial charge is 0.268 e. The van der Waals surface area contributed by atoms with E-state index in [0.717, 1.165) is 6.08 Å². The molecule has 16 heavy (non-hydrogen) atoms. The summed E-state index contributed by atoms with van der Waals surface area (Å²) in [4.78, 5) is 0. The fraction of sp³-hybridized carbons (Fsp3) is 0.846. The van der Waals surface area contributed by atoms with Gasteiger partial charge in [0.05, 0.1) is 6.61 Å². The zero-order valence-corrected chi connectivity index (χ0v) is 11.0. The van der Waals surface area contributed by atoms with Crippen molar-refractivity contribution >= 4 is 0 Å². The maximum Gasteiger partial charge on any atom is 0.268 e. The molecule has 0 aromatic rings. The first-order chi connectivity index (χ1) is 7.21. The normalized spacial score (nSPS) is 14.0. The van der Waals surface area contributed by atoms with Gasteiger partial charge in [-0.05, 0) is 24.8 Å². The molecule has 0 saturated heterocycles. The van der Waals surface area contributed by atoms with Crippen molar-refractivity contribution in [3.63, 3.8) is 0 Å². The molecule has 0 heterocycles. The predicted molar refractivity (Wildman–Crippen MR) is 63.8 cm³/mol. The topological polar surface area (TPSA) is 9.23 Å². The molecule has 0 rings (SSSR count). The predicted octanol–water partition coefficient (Wildman–Crippen LogP) is 4.29. The van der Waals surface area contributed by atoms with Crippen molar-refractivity contribution in [2.75, 3.05) is 13.2 Å². The third kappa shape index (κ3) is 6.21. The maximum absolute atomic E-state index is 13.3. The Kier molecular flexibility index (Phi) is 6.16. The van der Waals surface area contributed by atoms with Crippen LogP contribution in [0.4, 0.5) is 8.78 Å². The molecule has 0 aliphatic carbocycles. The van der Waals surface area contributed by atoms with E-state index < -0.39 is 11.8 Å². The highest BCUT2D eigenvalue weighted by molar-refractivity contribution is 4.98. The number of hydrogen-bond donors (Lipinski definition) is 0. The maximum atomic E-state index is 13.3. The Morgan fingerprint density at radius 3 is 2.25 bits per heavy atom. The Morgan fingerprint density at radius 2 is 1.81 bits per heavy atom. The Hall–Kier alpha value is -0.440. The van der Waals surface area contributed by atoms with Crippen molar-refractivity contribution in [2.24, 2.45) is 11.3 Å². The minimum Gasteiger partial charge on any atom is -0.381 e. The van der Waals surface area contributed by atoms with E-state index in [9.17, 15) is 8.78 Å². The molecule has 0 N–H and O–H groups in total. The van der Waals surface area contributed by atoms with Gasteiger partial charge < -0.3 is 4.74 Å². The molecule has 3 heteroatoms. The molecule has 0 bridgehead atoms. The summed E-state index contributed by atoms with van der Waals surface area (Å²) in [5.41, 5.74) is -0.0838. The van der Waals surface area contributed by atoms with Gasteiger partial charge in [0.2, 0.25) is 0 Å². The van der Waals surface area contributed by atoms with E-state index in [1.54, 1.807) is 6.08 Å². The highest BCUT2D eigenvalue weighted by atomic mass is 19.3. The zero-order valence-electron chi connectivity index (χ0n) is 11.0. The van der Waals surface area contributed by atoms with Crippen LogP contribution in [0.25, 0.3) is 0 Å². The van der Waals surface area contributed by atoms with Crippen LogP contribution in [0.15, 0.2) is 12.2 Å². The lowest BCUT2D eigenvalue weighted by molar-refractivity contribution is 0.00553. The van der Waals surface area contributed by atoms with Crippen molar-refractivity contribution in [3.05, 3.63) is 12.2 Å². The average Bonchev–Trinajstić information content (AvgIpc) is 2.14. The highest BCUT2D eigenvalue weighted by Crippen LogP contribution is 2.27. The first-order valence-electron chi connectivity index (χ1n) is 5.84. The molecule has 0 radical (unpaired) electrons. The second kappa shape index (κ2) is 6.33. The van der Waals surface area contributed by atoms with E-state index >= 15 is 0 Å². The van der Waals surface area contributed by atoms with E-state index in [-0.39, 0.29) is 5.41 Å². The van der Waals surface area contributed by atoms with Crippen molar-refractivity contribution in [1.82, 2.24) is 0 Å². The molecule has 1 nitrogen and oxygen atoms in total. The molecule has 0 amide bonds. The summed E-state index contributed by atoms with van der Waals surface area (Å²) in [5, 5.41) is 0. The van der Waals surface area contributed by atoms with Crippen LogP contribution < -0.4 is 0 Å². The van der Waals surface area contributed by atoms with Gasteiger partial charge in [-0.15, -0.1) is 0 Å². The van der Waals surface area contributed by atoms with E-state index in [1.165, 1.54) is 13.8 Å². The van der Waals surface area contributed by atoms with Crippen LogP contribution in [0.1, 0.15) is 41.0 Å². The van der Waals surface area contributed by atoms with Gasteiger partial charge in [0.25, 0.3) is 5.92 Å². The van der Waals surface area contributed by atoms with Gasteiger partial charge in [-0.1, -0.05) is 33.8 Å². The van der Waals surface area contributed by atoms with Crippen LogP contribution in [0, 0.1) is 11.3 Å². The molecule has 0 aromatic carbocycles. The molecule has 0 saturated carbocycles. The first-order valence-corrected chi connectivity index (χ1v) is 5.84. The molecule has 0 unspecified atom stereocenters. The van der Waals surface area contributed by atoms with Crippen LogP contribution in [-0.2, 0) is 4.74 Å². The van der Waals surface area contributed by atoms with E-state index in [2.05, 4.69) is 0 Å². The van der Waals surface area contributed by atoms with Crippen LogP contribution in [0.5, 0.6) is 0 Å². The fourth-order valence-corrected chi connectivity index (χ4v) is 1.16. The van der Waals surface area contributed by atoms with Gasteiger partial charge in [0, 0.05) is 12.5 Å². The molecule has 0 aliphatic heterocycles. The molecule has 0 spiro atoms. The lowest BCUT2D eigenvalue weighted by Gasteiger charge is -2.23. The lowest BCUT2D eigenvalue weighted by Crippen LogP contribution is -2.22. The van der Waals surface area contributed by atoms with E-state index in [4.69, 9.17) is 4.74 Å². The summed E-state index contributed by atoms with van der Waals surface area (Å²) in [6, 6.07) is 0. The van der Waals surface area contributed by atoms with Crippen molar-refractivity contribution < 1.29 is 13.5 Å². The number of allylic oxidation sites excluding steroid dienone is 2. The standard InChI is InChI=1S/C13H24F2O/c1-6-16-10-12(4,5)8-7-9-13(14,15)11(2)3/h7,9,11H,6,8,10H2,1-5H3/b9-7+. The van der Waals surface area contributed by atoms with Gasteiger partial charge in [-0.2, -0.15) is 0 Å². The van der Waals surface area contributed by atoms with Gasteiger partial charge >= 0.3 is 0 Å². The van der Waals surface area contributed by atoms with Gasteiger partial charge in [-0.3, -0.25) is 0 Å². The lowest BCUT2D eigenvalue weighted by atomic mass is 9.90. The Bertz CT molecular complexity index is 220. The van der Waals surface area contributed by atoms with Crippen LogP contribution in [0.3, 0.4) is 0 Å². The van der Waals surface area contributed by atoms with E-state index in [0.29, 0.717) is 19.6 Å². The molecule has 96 valence electrons. The Balaban J connectivity index is 4.17. The largest absolute Gasteiger partial charge is 0.381 e. The number of ether oxygens (including phenoxy) is 1. The van der Waals surface area contributed by atoms with Crippen LogP contribution in [-0.4, -0.2) is 19.1 Å². The van der Waals surface area contributed by atoms with Crippen molar-refractivity contribution in [3.8, 4) is 0 Å². The summed E-state index contributed by atoms with van der Waals surface area (Å²) < 4.78 is 31.8. The summed E-state index contributed by atoms with van der Waals surface area (Å²) in [5.74, 6) is -3.36. The van der Waals surface area contributed by atoms with Crippen molar-refractivity contribution in [1.29, 1.82) is 0 Å². The SMILES string of the molecule is CCOCC(C)(C)C/C=C/C(F)(F)C(C)C. The highest BCUT2D eigenvalue weighted by Gasteiger charge is 2.29.